The van der Waals surface area contributed by atoms with Crippen molar-refractivity contribution in [1.82, 2.24) is 15.6 Å². The van der Waals surface area contributed by atoms with E-state index in [-0.39, 0.29) is 29.4 Å². The number of hydrogen-bond acceptors (Lipinski definition) is 3. The molecule has 0 saturated heterocycles. The number of guanidine groups is 1. The minimum atomic E-state index is -4.33. The summed E-state index contributed by atoms with van der Waals surface area (Å²) in [6, 6.07) is 5.62. The Morgan fingerprint density at radius 3 is 2.52 bits per heavy atom. The van der Waals surface area contributed by atoms with Gasteiger partial charge in [-0.05, 0) is 45.2 Å². The molecule has 9 heteroatoms. The maximum atomic E-state index is 13.0. The zero-order valence-corrected chi connectivity index (χ0v) is 19.0. The second-order valence-corrected chi connectivity index (χ2v) is 7.16. The number of halogens is 4. The van der Waals surface area contributed by atoms with Crippen LogP contribution < -0.4 is 10.6 Å². The van der Waals surface area contributed by atoms with E-state index in [4.69, 9.17) is 4.42 Å². The lowest BCUT2D eigenvalue weighted by Gasteiger charge is -2.20. The molecule has 0 unspecified atom stereocenters. The van der Waals surface area contributed by atoms with Crippen molar-refractivity contribution in [2.24, 2.45) is 4.99 Å². The van der Waals surface area contributed by atoms with Crippen molar-refractivity contribution in [2.75, 3.05) is 13.1 Å². The Morgan fingerprint density at radius 2 is 1.97 bits per heavy atom. The van der Waals surface area contributed by atoms with Crippen molar-refractivity contribution in [3.63, 3.8) is 0 Å². The maximum Gasteiger partial charge on any atom is 0.416 e. The van der Waals surface area contributed by atoms with E-state index in [1.165, 1.54) is 12.1 Å². The summed E-state index contributed by atoms with van der Waals surface area (Å²) < 4.78 is 44.6. The van der Waals surface area contributed by atoms with Crippen molar-refractivity contribution >= 4 is 29.9 Å². The van der Waals surface area contributed by atoms with Gasteiger partial charge in [0.15, 0.2) is 5.96 Å². The Hall–Kier alpha value is -1.78. The predicted octanol–water partition coefficient (Wildman–Crippen LogP) is 4.72. The first-order valence-electron chi connectivity index (χ1n) is 9.36. The van der Waals surface area contributed by atoms with Gasteiger partial charge in [0.2, 0.25) is 5.89 Å². The van der Waals surface area contributed by atoms with Crippen molar-refractivity contribution < 1.29 is 17.6 Å². The topological polar surface area (TPSA) is 62.5 Å². The Kier molecular flexibility index (Phi) is 7.58. The van der Waals surface area contributed by atoms with E-state index < -0.39 is 11.7 Å². The summed E-state index contributed by atoms with van der Waals surface area (Å²) >= 11 is 0. The molecule has 2 N–H and O–H groups in total. The summed E-state index contributed by atoms with van der Waals surface area (Å²) in [7, 11) is 0. The highest BCUT2D eigenvalue weighted by Gasteiger charge is 2.45. The van der Waals surface area contributed by atoms with Gasteiger partial charge in [-0.15, -0.1) is 24.0 Å². The number of benzene rings is 1. The average molecular weight is 522 g/mol. The largest absolute Gasteiger partial charge is 0.444 e. The molecule has 2 aromatic rings. The second-order valence-electron chi connectivity index (χ2n) is 7.16. The third-order valence-corrected chi connectivity index (χ3v) is 5.04. The van der Waals surface area contributed by atoms with Gasteiger partial charge in [-0.3, -0.25) is 0 Å². The molecule has 29 heavy (non-hydrogen) atoms. The zero-order chi connectivity index (χ0) is 20.4. The fourth-order valence-corrected chi connectivity index (χ4v) is 3.09. The van der Waals surface area contributed by atoms with Crippen LogP contribution in [0.4, 0.5) is 13.2 Å². The number of hydrogen-bond donors (Lipinski definition) is 2. The van der Waals surface area contributed by atoms with Crippen LogP contribution >= 0.6 is 24.0 Å². The van der Waals surface area contributed by atoms with Gasteiger partial charge < -0.3 is 15.1 Å². The molecule has 3 rings (SSSR count). The molecule has 0 amide bonds. The summed E-state index contributed by atoms with van der Waals surface area (Å²) in [5, 5.41) is 6.41. The van der Waals surface area contributed by atoms with Crippen molar-refractivity contribution in [3.8, 4) is 0 Å². The first kappa shape index (κ1) is 23.5. The quantitative estimate of drug-likeness (QED) is 0.328. The van der Waals surface area contributed by atoms with Crippen LogP contribution in [0.15, 0.2) is 33.7 Å². The number of aromatic nitrogens is 1. The van der Waals surface area contributed by atoms with Crippen LogP contribution in [-0.2, 0) is 18.1 Å². The van der Waals surface area contributed by atoms with Crippen molar-refractivity contribution in [3.05, 3.63) is 52.7 Å². The second kappa shape index (κ2) is 9.36. The summed E-state index contributed by atoms with van der Waals surface area (Å²) in [6.07, 6.45) is -2.64. The van der Waals surface area contributed by atoms with Crippen molar-refractivity contribution in [2.45, 2.75) is 51.7 Å². The number of aryl methyl sites for hydroxylation is 2. The third-order valence-electron chi connectivity index (χ3n) is 5.04. The van der Waals surface area contributed by atoms with Gasteiger partial charge in [0.25, 0.3) is 0 Å². The normalized spacial score (nSPS) is 15.6. The molecule has 0 spiro atoms. The van der Waals surface area contributed by atoms with E-state index >= 15 is 0 Å². The number of nitrogens with zero attached hydrogens (tertiary/aromatic N) is 2. The van der Waals surface area contributed by atoms with Gasteiger partial charge in [0, 0.05) is 18.5 Å². The lowest BCUT2D eigenvalue weighted by atomic mass is 9.94. The predicted molar refractivity (Wildman–Crippen MR) is 117 cm³/mol. The van der Waals surface area contributed by atoms with E-state index in [9.17, 15) is 13.2 Å². The first-order valence-corrected chi connectivity index (χ1v) is 9.36. The molecular formula is C20H26F3IN4O. The Morgan fingerprint density at radius 1 is 1.24 bits per heavy atom. The zero-order valence-electron chi connectivity index (χ0n) is 16.7. The van der Waals surface area contributed by atoms with Gasteiger partial charge in [-0.1, -0.05) is 18.2 Å². The summed E-state index contributed by atoms with van der Waals surface area (Å²) in [5.74, 6) is 1.89. The van der Waals surface area contributed by atoms with E-state index in [1.807, 2.05) is 20.8 Å². The summed E-state index contributed by atoms with van der Waals surface area (Å²) in [5.41, 5.74) is 0.661. The van der Waals surface area contributed by atoms with Crippen LogP contribution in [0.25, 0.3) is 0 Å². The van der Waals surface area contributed by atoms with Crippen LogP contribution in [0, 0.1) is 13.8 Å². The standard InChI is InChI=1S/C20H25F3N4O.HI/c1-4-24-18(25-11-17-27-13(2)14(3)28-17)26-12-19(8-9-19)15-6-5-7-16(10-15)20(21,22)23;/h5-7,10H,4,8-9,11-12H2,1-3H3,(H2,24,25,26);1H. The minimum absolute atomic E-state index is 0. The smallest absolute Gasteiger partial charge is 0.416 e. The molecule has 0 bridgehead atoms. The van der Waals surface area contributed by atoms with Crippen LogP contribution in [0.2, 0.25) is 0 Å². The van der Waals surface area contributed by atoms with Gasteiger partial charge in [0.1, 0.15) is 12.3 Å². The van der Waals surface area contributed by atoms with E-state index in [0.717, 1.165) is 30.4 Å². The van der Waals surface area contributed by atoms with Gasteiger partial charge in [-0.2, -0.15) is 13.2 Å². The number of alkyl halides is 3. The van der Waals surface area contributed by atoms with Gasteiger partial charge >= 0.3 is 6.18 Å². The highest BCUT2D eigenvalue weighted by molar-refractivity contribution is 14.0. The van der Waals surface area contributed by atoms with Crippen LogP contribution in [0.1, 0.15) is 48.2 Å². The molecule has 0 atom stereocenters. The summed E-state index contributed by atoms with van der Waals surface area (Å²) in [6.45, 7) is 7.17. The van der Waals surface area contributed by atoms with E-state index in [0.29, 0.717) is 37.0 Å². The highest BCUT2D eigenvalue weighted by Crippen LogP contribution is 2.48. The molecule has 5 nitrogen and oxygen atoms in total. The SMILES string of the molecule is CCNC(=NCc1nc(C)c(C)o1)NCC1(c2cccc(C(F)(F)F)c2)CC1.I. The number of nitrogens with one attached hydrogen (secondary N) is 2. The highest BCUT2D eigenvalue weighted by atomic mass is 127. The summed E-state index contributed by atoms with van der Waals surface area (Å²) in [4.78, 5) is 8.79. The lowest BCUT2D eigenvalue weighted by molar-refractivity contribution is -0.137. The number of rotatable bonds is 6. The first-order chi connectivity index (χ1) is 13.2. The molecule has 1 aromatic heterocycles. The molecule has 1 saturated carbocycles. The maximum absolute atomic E-state index is 13.0. The van der Waals surface area contributed by atoms with Gasteiger partial charge in [-0.25, -0.2) is 9.98 Å². The number of aliphatic imine (C=N–C) groups is 1. The van der Waals surface area contributed by atoms with E-state index in [2.05, 4.69) is 20.6 Å². The fraction of sp³-hybridized carbons (Fsp3) is 0.500. The lowest BCUT2D eigenvalue weighted by Crippen LogP contribution is -2.41. The van der Waals surface area contributed by atoms with Gasteiger partial charge in [0.05, 0.1) is 11.3 Å². The van der Waals surface area contributed by atoms with Crippen LogP contribution in [0.5, 0.6) is 0 Å². The van der Waals surface area contributed by atoms with Crippen LogP contribution in [0.3, 0.4) is 0 Å². The molecule has 1 aliphatic rings. The minimum Gasteiger partial charge on any atom is -0.444 e. The Bertz CT molecular complexity index is 840. The molecule has 160 valence electrons. The number of oxazole rings is 1. The Labute approximate surface area is 185 Å². The van der Waals surface area contributed by atoms with E-state index in [1.54, 1.807) is 6.07 Å². The molecular weight excluding hydrogens is 496 g/mol. The van der Waals surface area contributed by atoms with Crippen LogP contribution in [-0.4, -0.2) is 24.0 Å². The fourth-order valence-electron chi connectivity index (χ4n) is 3.09. The molecule has 1 aromatic carbocycles. The third kappa shape index (κ3) is 5.86. The average Bonchev–Trinajstić information content (AvgIpc) is 3.37. The molecule has 1 aliphatic carbocycles. The van der Waals surface area contributed by atoms with Crippen molar-refractivity contribution in [1.29, 1.82) is 0 Å². The monoisotopic (exact) mass is 522 g/mol. The Balaban J connectivity index is 0.00000300. The molecule has 1 fully saturated rings. The molecule has 0 aliphatic heterocycles. The molecule has 0 radical (unpaired) electrons. The molecule has 1 heterocycles.